The average molecular weight is 258 g/mol. The first-order valence-corrected chi connectivity index (χ1v) is 6.13. The molecule has 0 saturated carbocycles. The molecule has 0 aliphatic heterocycles. The molecule has 2 aromatic rings. The Labute approximate surface area is 112 Å². The highest BCUT2D eigenvalue weighted by Gasteiger charge is 2.20. The Morgan fingerprint density at radius 3 is 2.63 bits per heavy atom. The normalized spacial score (nSPS) is 12.2. The number of hydrogen-bond donors (Lipinski definition) is 0. The van der Waals surface area contributed by atoms with Crippen LogP contribution < -0.4 is 5.69 Å². The zero-order chi connectivity index (χ0) is 14.0. The van der Waals surface area contributed by atoms with Gasteiger partial charge in [0.1, 0.15) is 0 Å². The summed E-state index contributed by atoms with van der Waals surface area (Å²) >= 11 is 0. The summed E-state index contributed by atoms with van der Waals surface area (Å²) in [5.74, 6) is 0. The van der Waals surface area contributed by atoms with Crippen LogP contribution in [0.1, 0.15) is 32.0 Å². The Morgan fingerprint density at radius 1 is 1.37 bits per heavy atom. The highest BCUT2D eigenvalue weighted by Crippen LogP contribution is 2.20. The third kappa shape index (κ3) is 2.81. The molecule has 0 spiro atoms. The number of nitrogens with zero attached hydrogens (tertiary/aromatic N) is 4. The molecule has 19 heavy (non-hydrogen) atoms. The van der Waals surface area contributed by atoms with Gasteiger partial charge < -0.3 is 0 Å². The van der Waals surface area contributed by atoms with E-state index in [-0.39, 0.29) is 11.1 Å². The lowest BCUT2D eigenvalue weighted by atomic mass is 9.93. The fraction of sp³-hybridized carbons (Fsp3) is 0.357. The molecule has 0 bridgehead atoms. The van der Waals surface area contributed by atoms with E-state index in [1.54, 1.807) is 36.4 Å². The topological polar surface area (TPSA) is 52.2 Å². The molecule has 0 atom stereocenters. The lowest BCUT2D eigenvalue weighted by molar-refractivity contribution is 0.539. The van der Waals surface area contributed by atoms with Gasteiger partial charge >= 0.3 is 5.69 Å². The minimum Gasteiger partial charge on any atom is -0.297 e. The van der Waals surface area contributed by atoms with Crippen LogP contribution in [0, 0.1) is 0 Å². The van der Waals surface area contributed by atoms with E-state index in [1.807, 2.05) is 12.1 Å². The van der Waals surface area contributed by atoms with Gasteiger partial charge in [-0.1, -0.05) is 26.8 Å². The molecule has 5 heteroatoms. The van der Waals surface area contributed by atoms with E-state index in [0.717, 1.165) is 11.3 Å². The lowest BCUT2D eigenvalue weighted by Gasteiger charge is -2.17. The minimum atomic E-state index is -0.148. The van der Waals surface area contributed by atoms with Gasteiger partial charge in [-0.15, -0.1) is 0 Å². The number of aromatic nitrogens is 3. The molecule has 0 aliphatic rings. The van der Waals surface area contributed by atoms with Crippen molar-refractivity contribution in [1.29, 1.82) is 0 Å². The van der Waals surface area contributed by atoms with Crippen molar-refractivity contribution in [2.75, 3.05) is 0 Å². The zero-order valence-corrected chi connectivity index (χ0v) is 11.7. The summed E-state index contributed by atoms with van der Waals surface area (Å²) in [5, 5.41) is 4.19. The molecule has 100 valence electrons. The summed E-state index contributed by atoms with van der Waals surface area (Å²) in [6.07, 6.45) is 6.79. The van der Waals surface area contributed by atoms with Gasteiger partial charge in [0.05, 0.1) is 12.4 Å². The summed E-state index contributed by atoms with van der Waals surface area (Å²) in [6.45, 7) is 6.20. The Bertz CT molecular complexity index is 644. The maximum atomic E-state index is 12.1. The summed E-state index contributed by atoms with van der Waals surface area (Å²) in [7, 11) is 1.76. The summed E-state index contributed by atoms with van der Waals surface area (Å²) in [6, 6.07) is 3.71. The van der Waals surface area contributed by atoms with Crippen molar-refractivity contribution in [3.05, 3.63) is 52.5 Å². The maximum absolute atomic E-state index is 12.1. The highest BCUT2D eigenvalue weighted by atomic mass is 16.2. The minimum absolute atomic E-state index is 0.0943. The summed E-state index contributed by atoms with van der Waals surface area (Å²) < 4.78 is 2.98. The van der Waals surface area contributed by atoms with E-state index < -0.39 is 0 Å². The molecule has 0 aliphatic carbocycles. The zero-order valence-electron chi connectivity index (χ0n) is 11.7. The Kier molecular flexibility index (Phi) is 3.38. The summed E-state index contributed by atoms with van der Waals surface area (Å²) in [4.78, 5) is 16.1. The molecule has 2 rings (SSSR count). The van der Waals surface area contributed by atoms with Crippen LogP contribution in [-0.2, 0) is 12.5 Å². The van der Waals surface area contributed by atoms with Crippen molar-refractivity contribution < 1.29 is 0 Å². The molecule has 5 nitrogen and oxygen atoms in total. The molecule has 0 aromatic carbocycles. The van der Waals surface area contributed by atoms with E-state index in [0.29, 0.717) is 0 Å². The molecular weight excluding hydrogens is 240 g/mol. The van der Waals surface area contributed by atoms with E-state index in [1.165, 1.54) is 4.68 Å². The first-order chi connectivity index (χ1) is 8.89. The molecule has 0 unspecified atom stereocenters. The highest BCUT2D eigenvalue weighted by molar-refractivity contribution is 5.78. The maximum Gasteiger partial charge on any atom is 0.348 e. The van der Waals surface area contributed by atoms with E-state index >= 15 is 0 Å². The standard InChI is InChI=1S/C14H18N4O/c1-14(2,3)12-10-18(13(19)17(12)4)16-9-11-6-5-7-15-8-11/h5-10H,1-4H3. The molecule has 0 radical (unpaired) electrons. The first kappa shape index (κ1) is 13.3. The second kappa shape index (κ2) is 4.84. The van der Waals surface area contributed by atoms with Gasteiger partial charge in [0, 0.05) is 36.1 Å². The van der Waals surface area contributed by atoms with Crippen molar-refractivity contribution in [2.45, 2.75) is 26.2 Å². The quantitative estimate of drug-likeness (QED) is 0.771. The third-order valence-corrected chi connectivity index (χ3v) is 2.87. The Balaban J connectivity index is 2.38. The number of rotatable bonds is 2. The van der Waals surface area contributed by atoms with Crippen LogP contribution in [0.4, 0.5) is 0 Å². The van der Waals surface area contributed by atoms with Crippen molar-refractivity contribution in [3.63, 3.8) is 0 Å². The second-order valence-electron chi connectivity index (χ2n) is 5.48. The van der Waals surface area contributed by atoms with Gasteiger partial charge in [0.15, 0.2) is 0 Å². The van der Waals surface area contributed by atoms with Gasteiger partial charge in [0.25, 0.3) is 0 Å². The lowest BCUT2D eigenvalue weighted by Crippen LogP contribution is -2.24. The fourth-order valence-electron chi connectivity index (χ4n) is 1.88. The van der Waals surface area contributed by atoms with Crippen LogP contribution in [0.5, 0.6) is 0 Å². The second-order valence-corrected chi connectivity index (χ2v) is 5.48. The molecule has 0 saturated heterocycles. The van der Waals surface area contributed by atoms with Gasteiger partial charge in [-0.2, -0.15) is 9.78 Å². The fourth-order valence-corrected chi connectivity index (χ4v) is 1.88. The van der Waals surface area contributed by atoms with Gasteiger partial charge in [-0.05, 0) is 6.07 Å². The Hall–Kier alpha value is -2.17. The smallest absolute Gasteiger partial charge is 0.297 e. The Morgan fingerprint density at radius 2 is 2.11 bits per heavy atom. The largest absolute Gasteiger partial charge is 0.348 e. The van der Waals surface area contributed by atoms with Gasteiger partial charge in [0.2, 0.25) is 0 Å². The summed E-state index contributed by atoms with van der Waals surface area (Å²) in [5.41, 5.74) is 1.56. The first-order valence-electron chi connectivity index (χ1n) is 6.13. The number of pyridine rings is 1. The SMILES string of the molecule is Cn1c(C(C)(C)C)cn(N=Cc2cccnc2)c1=O. The predicted molar refractivity (Wildman–Crippen MR) is 75.6 cm³/mol. The van der Waals surface area contributed by atoms with Crippen molar-refractivity contribution in [1.82, 2.24) is 14.2 Å². The van der Waals surface area contributed by atoms with Gasteiger partial charge in [-0.25, -0.2) is 4.79 Å². The molecular formula is C14H18N4O. The van der Waals surface area contributed by atoms with Gasteiger partial charge in [-0.3, -0.25) is 9.55 Å². The van der Waals surface area contributed by atoms with Crippen LogP contribution in [0.25, 0.3) is 0 Å². The monoisotopic (exact) mass is 258 g/mol. The van der Waals surface area contributed by atoms with Crippen LogP contribution in [-0.4, -0.2) is 20.4 Å². The van der Waals surface area contributed by atoms with Crippen molar-refractivity contribution in [2.24, 2.45) is 12.1 Å². The molecule has 2 aromatic heterocycles. The van der Waals surface area contributed by atoms with E-state index in [9.17, 15) is 4.79 Å². The predicted octanol–water partition coefficient (Wildman–Crippen LogP) is 1.76. The molecule has 0 N–H and O–H groups in total. The van der Waals surface area contributed by atoms with Crippen molar-refractivity contribution in [3.8, 4) is 0 Å². The number of hydrogen-bond acceptors (Lipinski definition) is 3. The average Bonchev–Trinajstić information content (AvgIpc) is 2.65. The number of imidazole rings is 1. The van der Waals surface area contributed by atoms with Crippen LogP contribution in [0.15, 0.2) is 40.6 Å². The molecule has 0 amide bonds. The van der Waals surface area contributed by atoms with E-state index in [2.05, 4.69) is 30.9 Å². The third-order valence-electron chi connectivity index (χ3n) is 2.87. The van der Waals surface area contributed by atoms with Crippen molar-refractivity contribution >= 4 is 6.21 Å². The van der Waals surface area contributed by atoms with Crippen LogP contribution in [0.3, 0.4) is 0 Å². The van der Waals surface area contributed by atoms with Crippen LogP contribution >= 0.6 is 0 Å². The molecule has 0 fully saturated rings. The van der Waals surface area contributed by atoms with Crippen LogP contribution in [0.2, 0.25) is 0 Å². The molecule has 2 heterocycles. The van der Waals surface area contributed by atoms with E-state index in [4.69, 9.17) is 0 Å².